The molecule has 5 nitrogen and oxygen atoms in total. The number of ether oxygens (including phenoxy) is 1. The molecule has 2 atom stereocenters. The second-order valence-electron chi connectivity index (χ2n) is 4.89. The molecule has 0 bridgehead atoms. The fourth-order valence-electron chi connectivity index (χ4n) is 2.12. The monoisotopic (exact) mass is 284 g/mol. The fourth-order valence-corrected chi connectivity index (χ4v) is 2.29. The third-order valence-electron chi connectivity index (χ3n) is 2.92. The first-order chi connectivity index (χ1) is 8.97. The minimum Gasteiger partial charge on any atom is -0.388 e. The first-order valence-corrected chi connectivity index (χ1v) is 6.58. The zero-order valence-corrected chi connectivity index (χ0v) is 11.7. The van der Waals surface area contributed by atoms with Gasteiger partial charge < -0.3 is 14.7 Å². The highest BCUT2D eigenvalue weighted by molar-refractivity contribution is 6.30. The van der Waals surface area contributed by atoms with Gasteiger partial charge >= 0.3 is 0 Å². The van der Waals surface area contributed by atoms with Crippen molar-refractivity contribution in [3.05, 3.63) is 29.0 Å². The molecule has 0 radical (unpaired) electrons. The number of carbonyl (C=O) groups is 1. The number of carbonyl (C=O) groups excluding carboxylic acids is 1. The Labute approximate surface area is 117 Å². The summed E-state index contributed by atoms with van der Waals surface area (Å²) in [5.41, 5.74) is 0.421. The van der Waals surface area contributed by atoms with Crippen molar-refractivity contribution in [3.8, 4) is 0 Å². The van der Waals surface area contributed by atoms with Gasteiger partial charge in [0.25, 0.3) is 5.91 Å². The van der Waals surface area contributed by atoms with Crippen LogP contribution in [0.1, 0.15) is 24.2 Å². The molecule has 1 saturated heterocycles. The van der Waals surface area contributed by atoms with E-state index in [-0.39, 0.29) is 24.7 Å². The largest absolute Gasteiger partial charge is 0.388 e. The summed E-state index contributed by atoms with van der Waals surface area (Å²) in [6.07, 6.45) is 1.97. The summed E-state index contributed by atoms with van der Waals surface area (Å²) in [5.74, 6) is -0.191. The van der Waals surface area contributed by atoms with Crippen LogP contribution < -0.4 is 0 Å². The highest BCUT2D eigenvalue weighted by Gasteiger charge is 2.35. The Morgan fingerprint density at radius 2 is 2.26 bits per heavy atom. The predicted molar refractivity (Wildman–Crippen MR) is 71.2 cm³/mol. The number of rotatable bonds is 3. The summed E-state index contributed by atoms with van der Waals surface area (Å²) in [6.45, 7) is 4.45. The number of aliphatic hydroxyl groups is 1. The van der Waals surface area contributed by atoms with E-state index in [4.69, 9.17) is 16.3 Å². The third-order valence-corrected chi connectivity index (χ3v) is 3.13. The van der Waals surface area contributed by atoms with E-state index in [2.05, 4.69) is 4.98 Å². The Kier molecular flexibility index (Phi) is 4.39. The summed E-state index contributed by atoms with van der Waals surface area (Å²) in [6, 6.07) is 1.57. The van der Waals surface area contributed by atoms with Gasteiger partial charge in [0.15, 0.2) is 0 Å². The summed E-state index contributed by atoms with van der Waals surface area (Å²) in [4.78, 5) is 17.7. The van der Waals surface area contributed by atoms with Crippen LogP contribution in [0.3, 0.4) is 0 Å². The van der Waals surface area contributed by atoms with E-state index < -0.39 is 6.10 Å². The van der Waals surface area contributed by atoms with E-state index in [1.807, 2.05) is 13.8 Å². The Morgan fingerprint density at radius 1 is 1.53 bits per heavy atom. The molecule has 0 aromatic carbocycles. The molecule has 19 heavy (non-hydrogen) atoms. The van der Waals surface area contributed by atoms with Crippen LogP contribution in [0.5, 0.6) is 0 Å². The maximum Gasteiger partial charge on any atom is 0.255 e. The second kappa shape index (κ2) is 5.86. The van der Waals surface area contributed by atoms with E-state index in [1.165, 1.54) is 12.4 Å². The number of amides is 1. The Bertz CT molecular complexity index is 467. The van der Waals surface area contributed by atoms with Gasteiger partial charge in [-0.3, -0.25) is 9.78 Å². The molecule has 0 spiro atoms. The molecule has 6 heteroatoms. The molecule has 104 valence electrons. The van der Waals surface area contributed by atoms with E-state index in [1.54, 1.807) is 11.0 Å². The van der Waals surface area contributed by atoms with Crippen LogP contribution in [-0.4, -0.2) is 52.3 Å². The predicted octanol–water partition coefficient (Wildman–Crippen LogP) is 1.35. The van der Waals surface area contributed by atoms with Crippen LogP contribution in [0.25, 0.3) is 0 Å². The molecule has 1 aliphatic rings. The van der Waals surface area contributed by atoms with E-state index >= 15 is 0 Å². The van der Waals surface area contributed by atoms with Crippen LogP contribution in [0.15, 0.2) is 18.5 Å². The number of β-amino-alcohol motifs (C(OH)–C–C–N with tert-alkyl or cyclic N) is 1. The minimum absolute atomic E-state index is 0.0162. The van der Waals surface area contributed by atoms with Crippen LogP contribution >= 0.6 is 11.6 Å². The van der Waals surface area contributed by atoms with Crippen molar-refractivity contribution in [2.24, 2.45) is 0 Å². The van der Waals surface area contributed by atoms with Crippen LogP contribution in [0, 0.1) is 0 Å². The van der Waals surface area contributed by atoms with E-state index in [0.29, 0.717) is 17.1 Å². The first kappa shape index (κ1) is 14.2. The van der Waals surface area contributed by atoms with Crippen molar-refractivity contribution >= 4 is 17.5 Å². The number of halogens is 1. The Morgan fingerprint density at radius 3 is 2.89 bits per heavy atom. The Balaban J connectivity index is 2.05. The molecule has 0 aliphatic carbocycles. The summed E-state index contributed by atoms with van der Waals surface area (Å²) < 4.78 is 5.58. The molecular weight excluding hydrogens is 268 g/mol. The van der Waals surface area contributed by atoms with Crippen LogP contribution in [-0.2, 0) is 4.74 Å². The molecule has 0 unspecified atom stereocenters. The molecule has 2 rings (SSSR count). The van der Waals surface area contributed by atoms with Crippen molar-refractivity contribution < 1.29 is 14.6 Å². The van der Waals surface area contributed by atoms with Gasteiger partial charge in [0, 0.05) is 25.5 Å². The standard InChI is InChI=1S/C13H17ClN2O3/c1-8(2)19-12-7-16(6-11(12)17)13(18)9-3-10(14)5-15-4-9/h3-5,8,11-12,17H,6-7H2,1-2H3/t11-,12-/m0/s1. The molecule has 1 fully saturated rings. The summed E-state index contributed by atoms with van der Waals surface area (Å²) >= 11 is 5.81. The Hall–Kier alpha value is -1.17. The van der Waals surface area contributed by atoms with Gasteiger partial charge in [0.2, 0.25) is 0 Å². The van der Waals surface area contributed by atoms with Gasteiger partial charge in [0.1, 0.15) is 6.10 Å². The molecule has 2 heterocycles. The zero-order chi connectivity index (χ0) is 14.0. The van der Waals surface area contributed by atoms with Crippen molar-refractivity contribution in [2.75, 3.05) is 13.1 Å². The lowest BCUT2D eigenvalue weighted by Gasteiger charge is -2.18. The molecule has 0 saturated carbocycles. The lowest BCUT2D eigenvalue weighted by atomic mass is 10.2. The SMILES string of the molecule is CC(C)O[C@H]1CN(C(=O)c2cncc(Cl)c2)C[C@@H]1O. The number of aliphatic hydroxyl groups excluding tert-OH is 1. The minimum atomic E-state index is -0.654. The smallest absolute Gasteiger partial charge is 0.255 e. The quantitative estimate of drug-likeness (QED) is 0.910. The van der Waals surface area contributed by atoms with Crippen molar-refractivity contribution in [1.29, 1.82) is 0 Å². The summed E-state index contributed by atoms with van der Waals surface area (Å²) in [7, 11) is 0. The van der Waals surface area contributed by atoms with Crippen LogP contribution in [0.2, 0.25) is 5.02 Å². The second-order valence-corrected chi connectivity index (χ2v) is 5.33. The van der Waals surface area contributed by atoms with Crippen molar-refractivity contribution in [2.45, 2.75) is 32.2 Å². The van der Waals surface area contributed by atoms with Gasteiger partial charge in [-0.05, 0) is 19.9 Å². The lowest BCUT2D eigenvalue weighted by molar-refractivity contribution is -0.0394. The number of aromatic nitrogens is 1. The molecule has 1 aromatic heterocycles. The lowest BCUT2D eigenvalue weighted by Crippen LogP contribution is -2.31. The van der Waals surface area contributed by atoms with Gasteiger partial charge in [-0.25, -0.2) is 0 Å². The number of likely N-dealkylation sites (tertiary alicyclic amines) is 1. The normalized spacial score (nSPS) is 23.1. The van der Waals surface area contributed by atoms with E-state index in [0.717, 1.165) is 0 Å². The average Bonchev–Trinajstić information content (AvgIpc) is 2.69. The van der Waals surface area contributed by atoms with Gasteiger partial charge in [-0.15, -0.1) is 0 Å². The fraction of sp³-hybridized carbons (Fsp3) is 0.538. The molecule has 1 aromatic rings. The number of hydrogen-bond donors (Lipinski definition) is 1. The number of hydrogen-bond acceptors (Lipinski definition) is 4. The average molecular weight is 285 g/mol. The molecule has 1 amide bonds. The number of nitrogens with zero attached hydrogens (tertiary/aromatic N) is 2. The molecule has 1 N–H and O–H groups in total. The maximum absolute atomic E-state index is 12.2. The number of pyridine rings is 1. The van der Waals surface area contributed by atoms with Crippen molar-refractivity contribution in [1.82, 2.24) is 9.88 Å². The van der Waals surface area contributed by atoms with Crippen LogP contribution in [0.4, 0.5) is 0 Å². The van der Waals surface area contributed by atoms with E-state index in [9.17, 15) is 9.90 Å². The van der Waals surface area contributed by atoms with Gasteiger partial charge in [0.05, 0.1) is 22.8 Å². The topological polar surface area (TPSA) is 62.7 Å². The van der Waals surface area contributed by atoms with Gasteiger partial charge in [-0.2, -0.15) is 0 Å². The third kappa shape index (κ3) is 3.43. The zero-order valence-electron chi connectivity index (χ0n) is 10.9. The molecule has 1 aliphatic heterocycles. The van der Waals surface area contributed by atoms with Gasteiger partial charge in [-0.1, -0.05) is 11.6 Å². The summed E-state index contributed by atoms with van der Waals surface area (Å²) in [5, 5.41) is 10.3. The highest BCUT2D eigenvalue weighted by Crippen LogP contribution is 2.19. The first-order valence-electron chi connectivity index (χ1n) is 6.20. The van der Waals surface area contributed by atoms with Crippen molar-refractivity contribution in [3.63, 3.8) is 0 Å². The highest BCUT2D eigenvalue weighted by atomic mass is 35.5. The maximum atomic E-state index is 12.2. The molecular formula is C13H17ClN2O3.